The lowest BCUT2D eigenvalue weighted by Crippen LogP contribution is -2.13. The Hall–Kier alpha value is -1.49. The van der Waals surface area contributed by atoms with Crippen molar-refractivity contribution in [2.45, 2.75) is 20.0 Å². The first kappa shape index (κ1) is 18.6. The molecule has 2 rings (SSSR count). The van der Waals surface area contributed by atoms with E-state index in [-0.39, 0.29) is 12.4 Å². The number of pyridine rings is 1. The van der Waals surface area contributed by atoms with Gasteiger partial charge < -0.3 is 14.8 Å². The van der Waals surface area contributed by atoms with Crippen LogP contribution in [0.25, 0.3) is 0 Å². The van der Waals surface area contributed by atoms with Crippen LogP contribution in [0.4, 0.5) is 0 Å². The molecule has 0 saturated heterocycles. The third-order valence-electron chi connectivity index (χ3n) is 2.98. The Labute approximate surface area is 142 Å². The number of benzene rings is 1. The number of ether oxygens (including phenoxy) is 2. The number of hydrogen-bond acceptors (Lipinski definition) is 4. The average Bonchev–Trinajstić information content (AvgIpc) is 2.48. The summed E-state index contributed by atoms with van der Waals surface area (Å²) < 4.78 is 10.8. The van der Waals surface area contributed by atoms with E-state index >= 15 is 0 Å². The van der Waals surface area contributed by atoms with Gasteiger partial charge in [-0.2, -0.15) is 0 Å². The van der Waals surface area contributed by atoms with E-state index in [9.17, 15) is 0 Å². The van der Waals surface area contributed by atoms with Crippen molar-refractivity contribution in [3.8, 4) is 11.5 Å². The topological polar surface area (TPSA) is 43.4 Å². The maximum Gasteiger partial charge on any atom is 0.179 e. The van der Waals surface area contributed by atoms with E-state index < -0.39 is 0 Å². The fraction of sp³-hybridized carbons (Fsp3) is 0.312. The van der Waals surface area contributed by atoms with Crippen molar-refractivity contribution in [2.24, 2.45) is 0 Å². The number of hydrogen-bond donors (Lipinski definition) is 1. The lowest BCUT2D eigenvalue weighted by molar-refractivity contribution is 0.310. The highest BCUT2D eigenvalue weighted by Gasteiger charge is 2.11. The molecule has 0 spiro atoms. The summed E-state index contributed by atoms with van der Waals surface area (Å²) in [6.45, 7) is 3.98. The van der Waals surface area contributed by atoms with E-state index in [2.05, 4.69) is 10.3 Å². The summed E-state index contributed by atoms with van der Waals surface area (Å²) in [6, 6.07) is 7.81. The van der Waals surface area contributed by atoms with Gasteiger partial charge in [-0.05, 0) is 42.3 Å². The molecule has 4 nitrogen and oxygen atoms in total. The van der Waals surface area contributed by atoms with Crippen LogP contribution in [0.3, 0.4) is 0 Å². The summed E-state index contributed by atoms with van der Waals surface area (Å²) in [6.07, 6.45) is 3.57. The second kappa shape index (κ2) is 9.51. The molecule has 22 heavy (non-hydrogen) atoms. The van der Waals surface area contributed by atoms with E-state index in [4.69, 9.17) is 21.1 Å². The maximum atomic E-state index is 6.23. The number of rotatable bonds is 7. The van der Waals surface area contributed by atoms with Gasteiger partial charge >= 0.3 is 0 Å². The van der Waals surface area contributed by atoms with Gasteiger partial charge in [0.1, 0.15) is 0 Å². The molecule has 0 atom stereocenters. The van der Waals surface area contributed by atoms with Crippen molar-refractivity contribution >= 4 is 24.0 Å². The molecule has 1 aromatic carbocycles. The molecule has 6 heteroatoms. The standard InChI is InChI=1S/C16H19ClN2O2.ClH/c1-3-21-15-9-13(8-14(17)16(15)20-2)11-19-10-12-4-6-18-7-5-12;/h4-9,19H,3,10-11H2,1-2H3;1H. The van der Waals surface area contributed by atoms with Crippen molar-refractivity contribution < 1.29 is 9.47 Å². The Balaban J connectivity index is 0.00000242. The van der Waals surface area contributed by atoms with Crippen LogP contribution in [0, 0.1) is 0 Å². The molecule has 0 radical (unpaired) electrons. The van der Waals surface area contributed by atoms with Gasteiger partial charge in [-0.15, -0.1) is 12.4 Å². The molecule has 0 unspecified atom stereocenters. The number of nitrogens with one attached hydrogen (secondary N) is 1. The monoisotopic (exact) mass is 342 g/mol. The Kier molecular flexibility index (Phi) is 8.02. The molecule has 1 aromatic heterocycles. The Morgan fingerprint density at radius 3 is 2.45 bits per heavy atom. The minimum Gasteiger partial charge on any atom is -0.491 e. The third kappa shape index (κ3) is 5.05. The number of nitrogens with zero attached hydrogens (tertiary/aromatic N) is 1. The first-order chi connectivity index (χ1) is 10.2. The van der Waals surface area contributed by atoms with Crippen LogP contribution in [0.15, 0.2) is 36.7 Å². The smallest absolute Gasteiger partial charge is 0.179 e. The van der Waals surface area contributed by atoms with E-state index in [1.807, 2.05) is 31.2 Å². The maximum absolute atomic E-state index is 6.23. The molecule has 0 aliphatic carbocycles. The molecule has 0 saturated carbocycles. The summed E-state index contributed by atoms with van der Waals surface area (Å²) in [5, 5.41) is 3.93. The van der Waals surface area contributed by atoms with Crippen LogP contribution in [-0.4, -0.2) is 18.7 Å². The molecule has 1 N–H and O–H groups in total. The molecule has 120 valence electrons. The Morgan fingerprint density at radius 1 is 1.14 bits per heavy atom. The molecule has 0 aliphatic heterocycles. The molecular formula is C16H20Cl2N2O2. The van der Waals surface area contributed by atoms with E-state index in [1.165, 1.54) is 5.56 Å². The summed E-state index contributed by atoms with van der Waals surface area (Å²) in [4.78, 5) is 4.00. The van der Waals surface area contributed by atoms with Crippen LogP contribution in [-0.2, 0) is 13.1 Å². The van der Waals surface area contributed by atoms with Gasteiger partial charge in [0.2, 0.25) is 0 Å². The highest BCUT2D eigenvalue weighted by molar-refractivity contribution is 6.32. The number of halogens is 2. The minimum atomic E-state index is 0. The van der Waals surface area contributed by atoms with Gasteiger partial charge in [0.05, 0.1) is 18.7 Å². The van der Waals surface area contributed by atoms with E-state index in [1.54, 1.807) is 19.5 Å². The molecule has 0 amide bonds. The van der Waals surface area contributed by atoms with Crippen molar-refractivity contribution in [1.29, 1.82) is 0 Å². The zero-order valence-corrected chi connectivity index (χ0v) is 14.2. The molecule has 0 fully saturated rings. The second-order valence-electron chi connectivity index (χ2n) is 4.50. The number of methoxy groups -OCH3 is 1. The molecular weight excluding hydrogens is 323 g/mol. The zero-order valence-electron chi connectivity index (χ0n) is 12.6. The lowest BCUT2D eigenvalue weighted by Gasteiger charge is -2.13. The van der Waals surface area contributed by atoms with Gasteiger partial charge in [-0.25, -0.2) is 0 Å². The average molecular weight is 343 g/mol. The highest BCUT2D eigenvalue weighted by atomic mass is 35.5. The van der Waals surface area contributed by atoms with Crippen LogP contribution in [0.2, 0.25) is 5.02 Å². The van der Waals surface area contributed by atoms with Crippen LogP contribution < -0.4 is 14.8 Å². The van der Waals surface area contributed by atoms with Crippen LogP contribution in [0.5, 0.6) is 11.5 Å². The SMILES string of the molecule is CCOc1cc(CNCc2ccncc2)cc(Cl)c1OC.Cl. The lowest BCUT2D eigenvalue weighted by atomic mass is 10.2. The predicted molar refractivity (Wildman–Crippen MR) is 91.2 cm³/mol. The summed E-state index contributed by atoms with van der Waals surface area (Å²) in [7, 11) is 1.59. The first-order valence-electron chi connectivity index (χ1n) is 6.83. The van der Waals surface area contributed by atoms with Gasteiger partial charge in [-0.1, -0.05) is 11.6 Å². The van der Waals surface area contributed by atoms with Crippen molar-refractivity contribution in [2.75, 3.05) is 13.7 Å². The van der Waals surface area contributed by atoms with E-state index in [0.29, 0.717) is 29.7 Å². The van der Waals surface area contributed by atoms with Crippen LogP contribution in [0.1, 0.15) is 18.1 Å². The zero-order chi connectivity index (χ0) is 15.1. The third-order valence-corrected chi connectivity index (χ3v) is 3.26. The molecule has 1 heterocycles. The molecule has 0 bridgehead atoms. The molecule has 2 aromatic rings. The summed E-state index contributed by atoms with van der Waals surface area (Å²) in [5.74, 6) is 1.25. The van der Waals surface area contributed by atoms with Crippen molar-refractivity contribution in [3.63, 3.8) is 0 Å². The van der Waals surface area contributed by atoms with Gasteiger partial charge in [-0.3, -0.25) is 4.98 Å². The quantitative estimate of drug-likeness (QED) is 0.829. The fourth-order valence-corrected chi connectivity index (χ4v) is 2.35. The number of aromatic nitrogens is 1. The first-order valence-corrected chi connectivity index (χ1v) is 7.21. The fourth-order valence-electron chi connectivity index (χ4n) is 2.04. The van der Waals surface area contributed by atoms with Crippen LogP contribution >= 0.6 is 24.0 Å². The largest absolute Gasteiger partial charge is 0.491 e. The van der Waals surface area contributed by atoms with E-state index in [0.717, 1.165) is 12.1 Å². The van der Waals surface area contributed by atoms with Crippen molar-refractivity contribution in [1.82, 2.24) is 10.3 Å². The molecule has 0 aliphatic rings. The Bertz CT molecular complexity index is 580. The summed E-state index contributed by atoms with van der Waals surface area (Å²) in [5.41, 5.74) is 2.24. The predicted octanol–water partition coefficient (Wildman–Crippen LogP) is 3.85. The second-order valence-corrected chi connectivity index (χ2v) is 4.91. The van der Waals surface area contributed by atoms with Gasteiger partial charge in [0.25, 0.3) is 0 Å². The normalized spacial score (nSPS) is 9.95. The highest BCUT2D eigenvalue weighted by Crippen LogP contribution is 2.36. The van der Waals surface area contributed by atoms with Crippen molar-refractivity contribution in [3.05, 3.63) is 52.8 Å². The minimum absolute atomic E-state index is 0. The summed E-state index contributed by atoms with van der Waals surface area (Å²) >= 11 is 6.23. The Morgan fingerprint density at radius 2 is 1.82 bits per heavy atom. The van der Waals surface area contributed by atoms with Gasteiger partial charge in [0.15, 0.2) is 11.5 Å². The van der Waals surface area contributed by atoms with Gasteiger partial charge in [0, 0.05) is 25.5 Å².